The molecule has 1 atom stereocenters. The van der Waals surface area contributed by atoms with E-state index in [1.807, 2.05) is 19.1 Å². The number of hydrogen-bond donors (Lipinski definition) is 2. The van der Waals surface area contributed by atoms with Crippen LogP contribution in [0, 0.1) is 0 Å². The lowest BCUT2D eigenvalue weighted by molar-refractivity contribution is -0.119. The Bertz CT molecular complexity index is 923. The van der Waals surface area contributed by atoms with E-state index in [9.17, 15) is 4.79 Å². The minimum absolute atomic E-state index is 0.00237. The van der Waals surface area contributed by atoms with Gasteiger partial charge in [0.25, 0.3) is 0 Å². The van der Waals surface area contributed by atoms with Crippen LogP contribution in [0.15, 0.2) is 46.8 Å². The summed E-state index contributed by atoms with van der Waals surface area (Å²) in [6.07, 6.45) is 2.41. The monoisotopic (exact) mass is 384 g/mol. The predicted molar refractivity (Wildman–Crippen MR) is 108 cm³/mol. The molecule has 5 nitrogen and oxygen atoms in total. The maximum atomic E-state index is 12.3. The molecule has 134 valence electrons. The van der Waals surface area contributed by atoms with E-state index in [1.165, 1.54) is 46.7 Å². The number of aromatic nitrogens is 2. The van der Waals surface area contributed by atoms with E-state index in [4.69, 9.17) is 0 Å². The standard InChI is InChI=1S/C19H20N4OS2/c1-12(14-7-6-13-4-2-3-5-15(13)10-14)20-17(24)11-25-19-23-22-18(26-19)21-16-8-9-16/h2-7,10,12,16H,8-9,11H2,1H3,(H,20,24)(H,21,22)/t12-/m1/s1. The van der Waals surface area contributed by atoms with Crippen LogP contribution in [0.2, 0.25) is 0 Å². The topological polar surface area (TPSA) is 66.9 Å². The highest BCUT2D eigenvalue weighted by molar-refractivity contribution is 8.01. The number of carbonyl (C=O) groups excluding carboxylic acids is 1. The van der Waals surface area contributed by atoms with Crippen molar-refractivity contribution in [1.29, 1.82) is 0 Å². The minimum atomic E-state index is -0.0331. The molecule has 0 saturated heterocycles. The molecule has 0 radical (unpaired) electrons. The van der Waals surface area contributed by atoms with Crippen molar-refractivity contribution in [2.75, 3.05) is 11.1 Å². The van der Waals surface area contributed by atoms with Gasteiger partial charge in [-0.15, -0.1) is 10.2 Å². The van der Waals surface area contributed by atoms with Gasteiger partial charge in [-0.2, -0.15) is 0 Å². The second-order valence-corrected chi connectivity index (χ2v) is 8.68. The van der Waals surface area contributed by atoms with E-state index in [0.29, 0.717) is 11.8 Å². The summed E-state index contributed by atoms with van der Waals surface area (Å²) in [6, 6.07) is 15.1. The molecule has 0 bridgehead atoms. The SMILES string of the molecule is C[C@@H](NC(=O)CSc1nnc(NC2CC2)s1)c1ccc2ccccc2c1. The summed E-state index contributed by atoms with van der Waals surface area (Å²) >= 11 is 2.94. The van der Waals surface area contributed by atoms with Crippen LogP contribution in [-0.2, 0) is 4.79 Å². The van der Waals surface area contributed by atoms with Gasteiger partial charge >= 0.3 is 0 Å². The minimum Gasteiger partial charge on any atom is -0.357 e. The molecular formula is C19H20N4OS2. The van der Waals surface area contributed by atoms with Gasteiger partial charge < -0.3 is 10.6 Å². The molecule has 1 saturated carbocycles. The second-order valence-electron chi connectivity index (χ2n) is 6.48. The Kier molecular flexibility index (Phi) is 5.08. The Morgan fingerprint density at radius 3 is 2.85 bits per heavy atom. The molecule has 0 aliphatic heterocycles. The molecule has 2 aromatic carbocycles. The number of fused-ring (bicyclic) bond motifs is 1. The third-order valence-electron chi connectivity index (χ3n) is 4.29. The van der Waals surface area contributed by atoms with Gasteiger partial charge in [0.15, 0.2) is 4.34 Å². The lowest BCUT2D eigenvalue weighted by Gasteiger charge is -2.14. The molecule has 0 unspecified atom stereocenters. The zero-order valence-electron chi connectivity index (χ0n) is 14.4. The summed E-state index contributed by atoms with van der Waals surface area (Å²) in [5.41, 5.74) is 1.11. The van der Waals surface area contributed by atoms with Crippen LogP contribution in [0.4, 0.5) is 5.13 Å². The fourth-order valence-corrected chi connectivity index (χ4v) is 4.34. The molecule has 1 amide bonds. The molecule has 26 heavy (non-hydrogen) atoms. The number of carbonyl (C=O) groups is 1. The first-order chi connectivity index (χ1) is 12.7. The number of hydrogen-bond acceptors (Lipinski definition) is 6. The maximum absolute atomic E-state index is 12.3. The van der Waals surface area contributed by atoms with E-state index in [1.54, 1.807) is 0 Å². The first-order valence-electron chi connectivity index (χ1n) is 8.68. The van der Waals surface area contributed by atoms with E-state index in [2.05, 4.69) is 51.2 Å². The zero-order valence-corrected chi connectivity index (χ0v) is 16.1. The molecule has 3 aromatic rings. The Balaban J connectivity index is 1.30. The van der Waals surface area contributed by atoms with Gasteiger partial charge in [0.2, 0.25) is 11.0 Å². The highest BCUT2D eigenvalue weighted by Crippen LogP contribution is 2.30. The summed E-state index contributed by atoms with van der Waals surface area (Å²) in [5.74, 6) is 0.346. The van der Waals surface area contributed by atoms with Gasteiger partial charge in [0.05, 0.1) is 11.8 Å². The number of thioether (sulfide) groups is 1. The summed E-state index contributed by atoms with van der Waals surface area (Å²) in [4.78, 5) is 12.3. The lowest BCUT2D eigenvalue weighted by Crippen LogP contribution is -2.28. The maximum Gasteiger partial charge on any atom is 0.230 e. The lowest BCUT2D eigenvalue weighted by atomic mass is 10.0. The Labute approximate surface area is 160 Å². The Morgan fingerprint density at radius 2 is 2.04 bits per heavy atom. The third kappa shape index (κ3) is 4.34. The van der Waals surface area contributed by atoms with Crippen LogP contribution >= 0.6 is 23.1 Å². The number of anilines is 1. The average molecular weight is 385 g/mol. The first-order valence-corrected chi connectivity index (χ1v) is 10.5. The van der Waals surface area contributed by atoms with Gasteiger partial charge in [-0.25, -0.2) is 0 Å². The van der Waals surface area contributed by atoms with Crippen molar-refractivity contribution >= 4 is 44.9 Å². The number of nitrogens with one attached hydrogen (secondary N) is 2. The number of rotatable bonds is 7. The van der Waals surface area contributed by atoms with Crippen molar-refractivity contribution in [3.8, 4) is 0 Å². The summed E-state index contributed by atoms with van der Waals surface area (Å²) in [5, 5.41) is 17.9. The van der Waals surface area contributed by atoms with Crippen molar-refractivity contribution < 1.29 is 4.79 Å². The fourth-order valence-electron chi connectivity index (χ4n) is 2.70. The van der Waals surface area contributed by atoms with Gasteiger partial charge in [0, 0.05) is 6.04 Å². The van der Waals surface area contributed by atoms with Crippen molar-refractivity contribution in [3.05, 3.63) is 48.0 Å². The van der Waals surface area contributed by atoms with Gasteiger partial charge in [0.1, 0.15) is 0 Å². The fraction of sp³-hybridized carbons (Fsp3) is 0.316. The second kappa shape index (κ2) is 7.63. The van der Waals surface area contributed by atoms with Crippen LogP contribution in [-0.4, -0.2) is 27.9 Å². The quantitative estimate of drug-likeness (QED) is 0.597. The molecule has 1 aromatic heterocycles. The summed E-state index contributed by atoms with van der Waals surface area (Å²) in [7, 11) is 0. The van der Waals surface area contributed by atoms with Crippen LogP contribution < -0.4 is 10.6 Å². The van der Waals surface area contributed by atoms with Crippen LogP contribution in [0.25, 0.3) is 10.8 Å². The van der Waals surface area contributed by atoms with E-state index in [-0.39, 0.29) is 11.9 Å². The molecule has 4 rings (SSSR count). The number of benzene rings is 2. The molecule has 7 heteroatoms. The predicted octanol–water partition coefficient (Wildman–Crippen LogP) is 4.24. The van der Waals surface area contributed by atoms with Gasteiger partial charge in [-0.3, -0.25) is 4.79 Å². The molecule has 1 fully saturated rings. The molecule has 1 heterocycles. The van der Waals surface area contributed by atoms with Gasteiger partial charge in [-0.05, 0) is 42.2 Å². The Morgan fingerprint density at radius 1 is 1.23 bits per heavy atom. The first kappa shape index (κ1) is 17.3. The molecule has 0 spiro atoms. The van der Waals surface area contributed by atoms with Gasteiger partial charge in [-0.1, -0.05) is 59.5 Å². The number of amides is 1. The van der Waals surface area contributed by atoms with Crippen molar-refractivity contribution in [2.24, 2.45) is 0 Å². The summed E-state index contributed by atoms with van der Waals surface area (Å²) < 4.78 is 0.821. The van der Waals surface area contributed by atoms with Crippen LogP contribution in [0.3, 0.4) is 0 Å². The van der Waals surface area contributed by atoms with Crippen LogP contribution in [0.5, 0.6) is 0 Å². The molecule has 1 aliphatic carbocycles. The van der Waals surface area contributed by atoms with Crippen molar-refractivity contribution in [1.82, 2.24) is 15.5 Å². The zero-order chi connectivity index (χ0) is 17.9. The highest BCUT2D eigenvalue weighted by Gasteiger charge is 2.22. The molecule has 2 N–H and O–H groups in total. The number of nitrogens with zero attached hydrogens (tertiary/aromatic N) is 2. The average Bonchev–Trinajstić information content (AvgIpc) is 3.35. The van der Waals surface area contributed by atoms with E-state index >= 15 is 0 Å². The van der Waals surface area contributed by atoms with Crippen molar-refractivity contribution in [3.63, 3.8) is 0 Å². The smallest absolute Gasteiger partial charge is 0.230 e. The molecule has 1 aliphatic rings. The Hall–Kier alpha value is -2.12. The normalized spacial score (nSPS) is 15.0. The van der Waals surface area contributed by atoms with E-state index in [0.717, 1.165) is 15.0 Å². The largest absolute Gasteiger partial charge is 0.357 e. The summed E-state index contributed by atoms with van der Waals surface area (Å²) in [6.45, 7) is 2.01. The molecular weight excluding hydrogens is 364 g/mol. The van der Waals surface area contributed by atoms with E-state index < -0.39 is 0 Å². The third-order valence-corrected chi connectivity index (χ3v) is 6.28. The van der Waals surface area contributed by atoms with Crippen LogP contribution in [0.1, 0.15) is 31.4 Å². The highest BCUT2D eigenvalue weighted by atomic mass is 32.2. The van der Waals surface area contributed by atoms with Crippen molar-refractivity contribution in [2.45, 2.75) is 36.2 Å².